The Balaban J connectivity index is 0.000000744. The predicted molar refractivity (Wildman–Crippen MR) is 169 cm³/mol. The number of aromatic nitrogens is 2. The second kappa shape index (κ2) is 11.7. The van der Waals surface area contributed by atoms with Crippen LogP contribution in [0.3, 0.4) is 0 Å². The van der Waals surface area contributed by atoms with Gasteiger partial charge in [0.1, 0.15) is 12.4 Å². The number of rotatable bonds is 5. The smallest absolute Gasteiger partial charge is 0.151 e. The molecule has 0 amide bonds. The third-order valence-corrected chi connectivity index (χ3v) is 9.06. The second-order valence-electron chi connectivity index (χ2n) is 13.8. The van der Waals surface area contributed by atoms with Crippen LogP contribution in [0.1, 0.15) is 59.0 Å². The van der Waals surface area contributed by atoms with Crippen molar-refractivity contribution in [2.75, 3.05) is 44.2 Å². The second-order valence-corrected chi connectivity index (χ2v) is 13.8. The lowest BCUT2D eigenvalue weighted by molar-refractivity contribution is -0.0845. The van der Waals surface area contributed by atoms with Crippen molar-refractivity contribution in [2.45, 2.75) is 66.7 Å². The largest absolute Gasteiger partial charge is 0.483 e. The molecule has 7 nitrogen and oxygen atoms in total. The lowest BCUT2D eigenvalue weighted by atomic mass is 9.58. The molecule has 0 bridgehead atoms. The van der Waals surface area contributed by atoms with Crippen molar-refractivity contribution in [2.24, 2.45) is 17.3 Å². The Kier molecular flexibility index (Phi) is 8.04. The zero-order valence-electron chi connectivity index (χ0n) is 26.0. The van der Waals surface area contributed by atoms with E-state index in [2.05, 4.69) is 109 Å². The highest BCUT2D eigenvalue weighted by molar-refractivity contribution is 5.70. The van der Waals surface area contributed by atoms with Gasteiger partial charge in [-0.2, -0.15) is 5.26 Å². The summed E-state index contributed by atoms with van der Waals surface area (Å²) in [6.07, 6.45) is 4.32. The van der Waals surface area contributed by atoms with Crippen LogP contribution in [0.4, 0.5) is 5.69 Å². The summed E-state index contributed by atoms with van der Waals surface area (Å²) in [6, 6.07) is 18.5. The minimum absolute atomic E-state index is 0.277. The highest BCUT2D eigenvalue weighted by Crippen LogP contribution is 2.51. The Morgan fingerprint density at radius 1 is 0.952 bits per heavy atom. The predicted octanol–water partition coefficient (Wildman–Crippen LogP) is 6.36. The molecule has 3 fully saturated rings. The van der Waals surface area contributed by atoms with Crippen LogP contribution in [0, 0.1) is 28.6 Å². The molecule has 1 aliphatic carbocycles. The number of ether oxygens (including phenoxy) is 1. The fourth-order valence-electron chi connectivity index (χ4n) is 6.95. The van der Waals surface area contributed by atoms with Gasteiger partial charge in [0.25, 0.3) is 0 Å². The molecular formula is C35H46N6O. The van der Waals surface area contributed by atoms with Crippen LogP contribution in [0.15, 0.2) is 48.7 Å². The lowest BCUT2D eigenvalue weighted by Crippen LogP contribution is -2.61. The van der Waals surface area contributed by atoms with Gasteiger partial charge >= 0.3 is 0 Å². The number of anilines is 1. The fraction of sp³-hybridized carbons (Fsp3) is 0.543. The number of imidazole rings is 1. The zero-order chi connectivity index (χ0) is 29.4. The molecule has 1 aromatic heterocycles. The molecule has 0 atom stereocenters. The minimum atomic E-state index is 0.277. The quantitative estimate of drug-likeness (QED) is 0.358. The van der Waals surface area contributed by atoms with Crippen LogP contribution in [0.25, 0.3) is 16.8 Å². The lowest BCUT2D eigenvalue weighted by Gasteiger charge is -2.57. The molecule has 1 spiro atoms. The molecular weight excluding hydrogens is 520 g/mol. The molecule has 42 heavy (non-hydrogen) atoms. The van der Waals surface area contributed by atoms with Gasteiger partial charge in [-0.15, -0.1) is 0 Å². The first-order valence-corrected chi connectivity index (χ1v) is 15.8. The zero-order valence-corrected chi connectivity index (χ0v) is 26.0. The molecule has 0 unspecified atom stereocenters. The first-order valence-electron chi connectivity index (χ1n) is 15.8. The summed E-state index contributed by atoms with van der Waals surface area (Å²) in [5, 5.41) is 9.08. The highest BCUT2D eigenvalue weighted by atomic mass is 16.5. The molecule has 2 aromatic carbocycles. The number of nitrogens with zero attached hydrogens (tertiary/aromatic N) is 6. The Morgan fingerprint density at radius 2 is 1.62 bits per heavy atom. The average molecular weight is 567 g/mol. The van der Waals surface area contributed by atoms with Gasteiger partial charge < -0.3 is 9.64 Å². The van der Waals surface area contributed by atoms with Crippen LogP contribution < -0.4 is 9.64 Å². The highest BCUT2D eigenvalue weighted by Gasteiger charge is 2.52. The van der Waals surface area contributed by atoms with E-state index in [1.165, 1.54) is 16.8 Å². The van der Waals surface area contributed by atoms with E-state index in [0.717, 1.165) is 87.5 Å². The molecule has 3 aliphatic heterocycles. The summed E-state index contributed by atoms with van der Waals surface area (Å²) < 4.78 is 8.36. The molecule has 222 valence electrons. The number of hydrogen-bond donors (Lipinski definition) is 0. The number of likely N-dealkylation sites (tertiary alicyclic amines) is 1. The summed E-state index contributed by atoms with van der Waals surface area (Å²) in [7, 11) is 0. The molecule has 2 saturated heterocycles. The first-order chi connectivity index (χ1) is 20.2. The molecule has 3 aromatic rings. The monoisotopic (exact) mass is 566 g/mol. The molecule has 7 rings (SSSR count). The summed E-state index contributed by atoms with van der Waals surface area (Å²) in [6.45, 7) is 19.0. The molecule has 7 heteroatoms. The molecule has 0 N–H and O–H groups in total. The van der Waals surface area contributed by atoms with Crippen LogP contribution in [-0.4, -0.2) is 64.7 Å². The summed E-state index contributed by atoms with van der Waals surface area (Å²) in [5.41, 5.74) is 6.25. The molecule has 1 saturated carbocycles. The Hall–Kier alpha value is -3.34. The number of nitriles is 1. The number of benzene rings is 2. The van der Waals surface area contributed by atoms with Crippen molar-refractivity contribution in [3.63, 3.8) is 0 Å². The number of fused-ring (bicyclic) bond motifs is 3. The Labute approximate surface area is 251 Å². The fourth-order valence-corrected chi connectivity index (χ4v) is 6.95. The molecule has 4 aliphatic rings. The SMILES string of the molecule is CC(C)C.CC(C)N1CCN(c2ccc(-c3ccc4c(c3)OCc3nc(CN5CC6(CC(C#N)C6)C5)cn3-4)cc2)CC1. The number of piperazine rings is 1. The van der Waals surface area contributed by atoms with Crippen LogP contribution in [-0.2, 0) is 13.2 Å². The number of hydrogen-bond acceptors (Lipinski definition) is 6. The van der Waals surface area contributed by atoms with E-state index < -0.39 is 0 Å². The van der Waals surface area contributed by atoms with Crippen molar-refractivity contribution in [1.82, 2.24) is 19.4 Å². The maximum atomic E-state index is 9.08. The average Bonchev–Trinajstić information content (AvgIpc) is 3.36. The van der Waals surface area contributed by atoms with Gasteiger partial charge in [-0.05, 0) is 73.4 Å². The van der Waals surface area contributed by atoms with Gasteiger partial charge in [0, 0.05) is 69.7 Å². The van der Waals surface area contributed by atoms with E-state index in [-0.39, 0.29) is 5.92 Å². The van der Waals surface area contributed by atoms with Gasteiger partial charge in [0.05, 0.1) is 17.5 Å². The van der Waals surface area contributed by atoms with Crippen LogP contribution >= 0.6 is 0 Å². The molecule has 4 heterocycles. The Bertz CT molecular complexity index is 1410. The van der Waals surface area contributed by atoms with Crippen molar-refractivity contribution < 1.29 is 4.74 Å². The van der Waals surface area contributed by atoms with Crippen molar-refractivity contribution in [3.05, 3.63) is 60.2 Å². The standard InChI is InChI=1S/C31H36N6O.C4H10/c1-22(2)35-9-11-36(12-10-35)27-6-3-24(4-7-27)25-5-8-28-29(13-25)38-19-30-33-26(18-37(28)30)17-34-20-31(21-34)14-23(15-31)16-32;1-4(2)3/h3-8,13,18,22-23H,9-12,14-15,17,19-21H2,1-2H3;4H,1-3H3. The van der Waals surface area contributed by atoms with Crippen molar-refractivity contribution in [3.8, 4) is 28.6 Å². The van der Waals surface area contributed by atoms with Gasteiger partial charge in [-0.25, -0.2) is 4.98 Å². The van der Waals surface area contributed by atoms with Crippen LogP contribution in [0.5, 0.6) is 5.75 Å². The van der Waals surface area contributed by atoms with E-state index in [4.69, 9.17) is 15.0 Å². The summed E-state index contributed by atoms with van der Waals surface area (Å²) in [4.78, 5) is 12.4. The van der Waals surface area contributed by atoms with Crippen molar-refractivity contribution in [1.29, 1.82) is 5.26 Å². The van der Waals surface area contributed by atoms with Crippen LogP contribution in [0.2, 0.25) is 0 Å². The minimum Gasteiger partial charge on any atom is -0.483 e. The van der Waals surface area contributed by atoms with Gasteiger partial charge in [0.2, 0.25) is 0 Å². The molecule has 0 radical (unpaired) electrons. The maximum Gasteiger partial charge on any atom is 0.151 e. The normalized spacial score (nSPS) is 19.7. The van der Waals surface area contributed by atoms with E-state index in [0.29, 0.717) is 18.1 Å². The summed E-state index contributed by atoms with van der Waals surface area (Å²) in [5.74, 6) is 2.98. The first kappa shape index (κ1) is 28.8. The van der Waals surface area contributed by atoms with Crippen molar-refractivity contribution >= 4 is 5.69 Å². The van der Waals surface area contributed by atoms with E-state index >= 15 is 0 Å². The summed E-state index contributed by atoms with van der Waals surface area (Å²) >= 11 is 0. The third kappa shape index (κ3) is 5.93. The third-order valence-electron chi connectivity index (χ3n) is 9.06. The van der Waals surface area contributed by atoms with E-state index in [1.54, 1.807) is 0 Å². The Morgan fingerprint density at radius 3 is 2.26 bits per heavy atom. The van der Waals surface area contributed by atoms with E-state index in [9.17, 15) is 0 Å². The van der Waals surface area contributed by atoms with Gasteiger partial charge in [-0.3, -0.25) is 14.4 Å². The van der Waals surface area contributed by atoms with Gasteiger partial charge in [-0.1, -0.05) is 39.0 Å². The van der Waals surface area contributed by atoms with E-state index in [1.807, 2.05) is 0 Å². The van der Waals surface area contributed by atoms with Gasteiger partial charge in [0.15, 0.2) is 5.82 Å². The maximum absolute atomic E-state index is 9.08. The topological polar surface area (TPSA) is 60.6 Å².